The van der Waals surface area contributed by atoms with E-state index in [0.29, 0.717) is 0 Å². The van der Waals surface area contributed by atoms with Crippen LogP contribution in [-0.2, 0) is 0 Å². The molecule has 0 aliphatic heterocycles. The molecule has 0 aromatic heterocycles. The van der Waals surface area contributed by atoms with Gasteiger partial charge in [-0.05, 0) is 26.9 Å². The number of nitrogens with zero attached hydrogens (tertiary/aromatic N) is 1. The highest BCUT2D eigenvalue weighted by Gasteiger charge is 1.93. The third kappa shape index (κ3) is 6.17. The molecular formula is C11H21N. The Hall–Kier alpha value is -0.560. The van der Waals surface area contributed by atoms with E-state index >= 15 is 0 Å². The van der Waals surface area contributed by atoms with E-state index in [4.69, 9.17) is 0 Å². The minimum atomic E-state index is 1.04. The minimum absolute atomic E-state index is 1.04. The maximum Gasteiger partial charge on any atom is 0.0159 e. The Kier molecular flexibility index (Phi) is 6.78. The smallest absolute Gasteiger partial charge is 0.0159 e. The van der Waals surface area contributed by atoms with E-state index in [1.54, 1.807) is 0 Å². The van der Waals surface area contributed by atoms with E-state index in [0.717, 1.165) is 13.0 Å². The molecule has 0 unspecified atom stereocenters. The lowest BCUT2D eigenvalue weighted by Crippen LogP contribution is -2.11. The molecule has 0 spiro atoms. The second-order valence-electron chi connectivity index (χ2n) is 3.37. The lowest BCUT2D eigenvalue weighted by atomic mass is 10.1. The van der Waals surface area contributed by atoms with Crippen molar-refractivity contribution in [1.29, 1.82) is 0 Å². The van der Waals surface area contributed by atoms with Gasteiger partial charge in [-0.2, -0.15) is 0 Å². The zero-order chi connectivity index (χ0) is 9.40. The molecule has 1 heteroatoms. The first-order chi connectivity index (χ1) is 5.70. The van der Waals surface area contributed by atoms with Crippen LogP contribution in [0.2, 0.25) is 0 Å². The molecule has 0 heterocycles. The van der Waals surface area contributed by atoms with E-state index in [1.165, 1.54) is 18.4 Å². The number of rotatable bonds is 6. The van der Waals surface area contributed by atoms with Crippen LogP contribution in [0.15, 0.2) is 24.3 Å². The standard InChI is InChI=1S/C11H21N/c1-5-7-11(8-6-2)9-10-12(3)4/h5,9H,1,6-8,10H2,2-4H3. The van der Waals surface area contributed by atoms with Gasteiger partial charge in [0.1, 0.15) is 0 Å². The minimum Gasteiger partial charge on any atom is -0.306 e. The molecule has 0 atom stereocenters. The van der Waals surface area contributed by atoms with Gasteiger partial charge in [0.25, 0.3) is 0 Å². The summed E-state index contributed by atoms with van der Waals surface area (Å²) >= 11 is 0. The molecule has 0 saturated heterocycles. The van der Waals surface area contributed by atoms with Gasteiger partial charge in [-0.25, -0.2) is 0 Å². The molecule has 0 rings (SSSR count). The van der Waals surface area contributed by atoms with Gasteiger partial charge in [0.15, 0.2) is 0 Å². The SMILES string of the molecule is C=CCC(=CCN(C)C)CCC. The topological polar surface area (TPSA) is 3.24 Å². The van der Waals surface area contributed by atoms with Crippen LogP contribution in [0.1, 0.15) is 26.2 Å². The normalized spacial score (nSPS) is 12.2. The van der Waals surface area contributed by atoms with Gasteiger partial charge in [-0.3, -0.25) is 0 Å². The zero-order valence-electron chi connectivity index (χ0n) is 8.64. The summed E-state index contributed by atoms with van der Waals surface area (Å²) < 4.78 is 0. The van der Waals surface area contributed by atoms with Crippen LogP contribution >= 0.6 is 0 Å². The van der Waals surface area contributed by atoms with Gasteiger partial charge in [-0.15, -0.1) is 6.58 Å². The molecule has 0 aromatic carbocycles. The van der Waals surface area contributed by atoms with Crippen molar-refractivity contribution < 1.29 is 0 Å². The van der Waals surface area contributed by atoms with Crippen LogP contribution in [0.25, 0.3) is 0 Å². The quantitative estimate of drug-likeness (QED) is 0.550. The van der Waals surface area contributed by atoms with Gasteiger partial charge < -0.3 is 4.90 Å². The molecule has 0 saturated carbocycles. The second kappa shape index (κ2) is 7.11. The number of likely N-dealkylation sites (N-methyl/N-ethyl adjacent to an activating group) is 1. The first-order valence-electron chi connectivity index (χ1n) is 4.64. The highest BCUT2D eigenvalue weighted by atomic mass is 15.0. The van der Waals surface area contributed by atoms with E-state index in [-0.39, 0.29) is 0 Å². The first-order valence-corrected chi connectivity index (χ1v) is 4.64. The molecule has 0 radical (unpaired) electrons. The van der Waals surface area contributed by atoms with Crippen molar-refractivity contribution in [3.63, 3.8) is 0 Å². The van der Waals surface area contributed by atoms with Crippen molar-refractivity contribution >= 4 is 0 Å². The molecule has 0 aliphatic carbocycles. The second-order valence-corrected chi connectivity index (χ2v) is 3.37. The fourth-order valence-corrected chi connectivity index (χ4v) is 1.11. The molecule has 0 amide bonds. The summed E-state index contributed by atoms with van der Waals surface area (Å²) in [5.41, 5.74) is 1.52. The molecule has 70 valence electrons. The van der Waals surface area contributed by atoms with Gasteiger partial charge in [0.2, 0.25) is 0 Å². The number of hydrogen-bond acceptors (Lipinski definition) is 1. The lowest BCUT2D eigenvalue weighted by molar-refractivity contribution is 0.454. The Labute approximate surface area is 76.8 Å². The summed E-state index contributed by atoms with van der Waals surface area (Å²) in [5.74, 6) is 0. The average molecular weight is 167 g/mol. The van der Waals surface area contributed by atoms with Crippen LogP contribution in [0.3, 0.4) is 0 Å². The Morgan fingerprint density at radius 2 is 2.08 bits per heavy atom. The van der Waals surface area contributed by atoms with Crippen molar-refractivity contribution in [2.75, 3.05) is 20.6 Å². The molecular weight excluding hydrogens is 146 g/mol. The fraction of sp³-hybridized carbons (Fsp3) is 0.636. The molecule has 0 aromatic rings. The Bertz CT molecular complexity index is 145. The Balaban J connectivity index is 3.88. The van der Waals surface area contributed by atoms with Gasteiger partial charge in [0, 0.05) is 6.54 Å². The summed E-state index contributed by atoms with van der Waals surface area (Å²) in [7, 11) is 4.18. The van der Waals surface area contributed by atoms with Gasteiger partial charge in [-0.1, -0.05) is 31.1 Å². The van der Waals surface area contributed by atoms with Gasteiger partial charge in [0.05, 0.1) is 0 Å². The largest absolute Gasteiger partial charge is 0.306 e. The maximum absolute atomic E-state index is 3.76. The van der Waals surface area contributed by atoms with Gasteiger partial charge >= 0.3 is 0 Å². The van der Waals surface area contributed by atoms with Crippen LogP contribution in [-0.4, -0.2) is 25.5 Å². The van der Waals surface area contributed by atoms with Crippen LogP contribution in [0.5, 0.6) is 0 Å². The van der Waals surface area contributed by atoms with E-state index in [9.17, 15) is 0 Å². The fourth-order valence-electron chi connectivity index (χ4n) is 1.11. The van der Waals surface area contributed by atoms with Crippen LogP contribution in [0.4, 0.5) is 0 Å². The molecule has 0 N–H and O–H groups in total. The molecule has 0 fully saturated rings. The Morgan fingerprint density at radius 3 is 2.50 bits per heavy atom. The van der Waals surface area contributed by atoms with E-state index < -0.39 is 0 Å². The van der Waals surface area contributed by atoms with Crippen molar-refractivity contribution in [2.24, 2.45) is 0 Å². The van der Waals surface area contributed by atoms with Crippen molar-refractivity contribution in [3.8, 4) is 0 Å². The van der Waals surface area contributed by atoms with Crippen LogP contribution in [0, 0.1) is 0 Å². The molecule has 1 nitrogen and oxygen atoms in total. The average Bonchev–Trinajstić information content (AvgIpc) is 2.01. The van der Waals surface area contributed by atoms with E-state index in [1.807, 2.05) is 6.08 Å². The zero-order valence-corrected chi connectivity index (χ0v) is 8.64. The van der Waals surface area contributed by atoms with Crippen molar-refractivity contribution in [1.82, 2.24) is 4.90 Å². The monoisotopic (exact) mass is 167 g/mol. The predicted molar refractivity (Wildman–Crippen MR) is 56.4 cm³/mol. The van der Waals surface area contributed by atoms with Crippen LogP contribution < -0.4 is 0 Å². The molecule has 12 heavy (non-hydrogen) atoms. The summed E-state index contributed by atoms with van der Waals surface area (Å²) in [4.78, 5) is 2.18. The highest BCUT2D eigenvalue weighted by Crippen LogP contribution is 2.09. The summed E-state index contributed by atoms with van der Waals surface area (Å²) in [6, 6.07) is 0. The molecule has 0 aliphatic rings. The summed E-state index contributed by atoms with van der Waals surface area (Å²) in [6.45, 7) is 7.02. The lowest BCUT2D eigenvalue weighted by Gasteiger charge is -2.07. The number of allylic oxidation sites excluding steroid dienone is 2. The predicted octanol–water partition coefficient (Wildman–Crippen LogP) is 2.85. The van der Waals surface area contributed by atoms with Crippen molar-refractivity contribution in [2.45, 2.75) is 26.2 Å². The third-order valence-electron chi connectivity index (χ3n) is 1.72. The summed E-state index contributed by atoms with van der Waals surface area (Å²) in [6.07, 6.45) is 7.77. The summed E-state index contributed by atoms with van der Waals surface area (Å²) in [5, 5.41) is 0. The first kappa shape index (κ1) is 11.4. The van der Waals surface area contributed by atoms with E-state index in [2.05, 4.69) is 38.6 Å². The van der Waals surface area contributed by atoms with Crippen molar-refractivity contribution in [3.05, 3.63) is 24.3 Å². The highest BCUT2D eigenvalue weighted by molar-refractivity contribution is 5.06. The molecule has 0 bridgehead atoms. The number of hydrogen-bond donors (Lipinski definition) is 0. The Morgan fingerprint density at radius 1 is 1.42 bits per heavy atom. The third-order valence-corrected chi connectivity index (χ3v) is 1.72. The maximum atomic E-state index is 3.76.